The second kappa shape index (κ2) is 3.63. The Kier molecular flexibility index (Phi) is 2.12. The van der Waals surface area contributed by atoms with Crippen LogP contribution in [0.2, 0.25) is 0 Å². The lowest BCUT2D eigenvalue weighted by molar-refractivity contribution is 0.723. The molecule has 0 saturated carbocycles. The summed E-state index contributed by atoms with van der Waals surface area (Å²) in [5.41, 5.74) is 7.69. The van der Waals surface area contributed by atoms with Crippen molar-refractivity contribution in [3.8, 4) is 0 Å². The Bertz CT molecular complexity index is 653. The molecule has 3 rings (SSSR count). The van der Waals surface area contributed by atoms with Gasteiger partial charge in [0.15, 0.2) is 11.5 Å². The van der Waals surface area contributed by atoms with Crippen molar-refractivity contribution in [3.63, 3.8) is 0 Å². The standard InChI is InChI=1S/C10H11N7/c1-16-6-7(5-13-16)9(11)10-15-14-8-3-2-4-12-17(8)10/h2-6,9H,11H2,1H3. The molecule has 1 unspecified atom stereocenters. The SMILES string of the molecule is Cn1cc(C(N)c2nnc3cccnn23)cn1. The van der Waals surface area contributed by atoms with E-state index in [1.807, 2.05) is 25.4 Å². The maximum absolute atomic E-state index is 6.12. The average Bonchev–Trinajstić information content (AvgIpc) is 2.94. The van der Waals surface area contributed by atoms with Gasteiger partial charge in [0.05, 0.1) is 12.2 Å². The molecule has 0 fully saturated rings. The molecule has 3 aromatic heterocycles. The summed E-state index contributed by atoms with van der Waals surface area (Å²) < 4.78 is 3.34. The first-order valence-corrected chi connectivity index (χ1v) is 5.16. The van der Waals surface area contributed by atoms with E-state index in [-0.39, 0.29) is 6.04 Å². The maximum atomic E-state index is 6.12. The molecule has 7 nitrogen and oxygen atoms in total. The summed E-state index contributed by atoms with van der Waals surface area (Å²) in [6, 6.07) is 3.26. The molecule has 0 radical (unpaired) electrons. The molecular formula is C10H11N7. The fourth-order valence-corrected chi connectivity index (χ4v) is 1.70. The van der Waals surface area contributed by atoms with Gasteiger partial charge in [-0.25, -0.2) is 0 Å². The zero-order valence-electron chi connectivity index (χ0n) is 9.22. The lowest BCUT2D eigenvalue weighted by Gasteiger charge is -2.05. The number of hydrogen-bond acceptors (Lipinski definition) is 5. The quantitative estimate of drug-likeness (QED) is 0.663. The third kappa shape index (κ3) is 1.56. The number of aromatic nitrogens is 6. The van der Waals surface area contributed by atoms with Gasteiger partial charge in [-0.1, -0.05) is 0 Å². The third-order valence-corrected chi connectivity index (χ3v) is 2.56. The van der Waals surface area contributed by atoms with Gasteiger partial charge in [0.1, 0.15) is 0 Å². The van der Waals surface area contributed by atoms with Crippen molar-refractivity contribution in [1.82, 2.24) is 29.6 Å². The van der Waals surface area contributed by atoms with E-state index in [0.717, 1.165) is 5.56 Å². The Morgan fingerprint density at radius 3 is 2.94 bits per heavy atom. The van der Waals surface area contributed by atoms with Gasteiger partial charge >= 0.3 is 0 Å². The van der Waals surface area contributed by atoms with Crippen LogP contribution < -0.4 is 5.73 Å². The van der Waals surface area contributed by atoms with Crippen molar-refractivity contribution < 1.29 is 0 Å². The Morgan fingerprint density at radius 1 is 1.29 bits per heavy atom. The molecule has 0 aromatic carbocycles. The fourth-order valence-electron chi connectivity index (χ4n) is 1.70. The van der Waals surface area contributed by atoms with Crippen LogP contribution in [0.5, 0.6) is 0 Å². The molecule has 7 heteroatoms. The van der Waals surface area contributed by atoms with Crippen LogP contribution in [0.1, 0.15) is 17.4 Å². The fraction of sp³-hybridized carbons (Fsp3) is 0.200. The minimum atomic E-state index is -0.381. The summed E-state index contributed by atoms with van der Waals surface area (Å²) in [5, 5.41) is 16.4. The Balaban J connectivity index is 2.09. The van der Waals surface area contributed by atoms with Gasteiger partial charge in [-0.3, -0.25) is 4.68 Å². The van der Waals surface area contributed by atoms with E-state index in [2.05, 4.69) is 20.4 Å². The van der Waals surface area contributed by atoms with Crippen LogP contribution in [0.25, 0.3) is 5.65 Å². The van der Waals surface area contributed by atoms with Gasteiger partial charge in [-0.05, 0) is 12.1 Å². The van der Waals surface area contributed by atoms with Crippen LogP contribution >= 0.6 is 0 Å². The zero-order valence-corrected chi connectivity index (χ0v) is 9.22. The highest BCUT2D eigenvalue weighted by molar-refractivity contribution is 5.36. The second-order valence-electron chi connectivity index (χ2n) is 3.78. The molecule has 2 N–H and O–H groups in total. The number of aryl methyl sites for hydroxylation is 1. The Labute approximate surface area is 96.9 Å². The highest BCUT2D eigenvalue weighted by atomic mass is 15.4. The summed E-state index contributed by atoms with van der Waals surface area (Å²) in [4.78, 5) is 0. The van der Waals surface area contributed by atoms with Crippen molar-refractivity contribution in [2.24, 2.45) is 12.8 Å². The molecule has 0 bridgehead atoms. The molecule has 0 aliphatic heterocycles. The van der Waals surface area contributed by atoms with Gasteiger partial charge in [-0.15, -0.1) is 10.2 Å². The summed E-state index contributed by atoms with van der Waals surface area (Å²) in [6.07, 6.45) is 5.25. The number of rotatable bonds is 2. The predicted molar refractivity (Wildman–Crippen MR) is 60.0 cm³/mol. The molecule has 86 valence electrons. The average molecular weight is 229 g/mol. The van der Waals surface area contributed by atoms with Gasteiger partial charge in [0, 0.05) is 25.0 Å². The number of hydrogen-bond donors (Lipinski definition) is 1. The minimum absolute atomic E-state index is 0.381. The van der Waals surface area contributed by atoms with Crippen molar-refractivity contribution in [1.29, 1.82) is 0 Å². The van der Waals surface area contributed by atoms with E-state index in [1.165, 1.54) is 0 Å². The third-order valence-electron chi connectivity index (χ3n) is 2.56. The largest absolute Gasteiger partial charge is 0.317 e. The summed E-state index contributed by atoms with van der Waals surface area (Å²) in [7, 11) is 1.84. The Hall–Kier alpha value is -2.28. The first kappa shape index (κ1) is 9.91. The smallest absolute Gasteiger partial charge is 0.177 e. The molecule has 17 heavy (non-hydrogen) atoms. The highest BCUT2D eigenvalue weighted by Crippen LogP contribution is 2.16. The van der Waals surface area contributed by atoms with E-state index >= 15 is 0 Å². The molecule has 0 saturated heterocycles. The first-order valence-electron chi connectivity index (χ1n) is 5.16. The van der Waals surface area contributed by atoms with Gasteiger partial charge in [0.25, 0.3) is 0 Å². The molecule has 3 heterocycles. The maximum Gasteiger partial charge on any atom is 0.177 e. The van der Waals surface area contributed by atoms with Crippen LogP contribution in [-0.2, 0) is 7.05 Å². The van der Waals surface area contributed by atoms with Crippen molar-refractivity contribution >= 4 is 5.65 Å². The van der Waals surface area contributed by atoms with Gasteiger partial charge in [0.2, 0.25) is 0 Å². The predicted octanol–water partition coefficient (Wildman–Crippen LogP) is -0.0941. The van der Waals surface area contributed by atoms with Crippen LogP contribution in [0.3, 0.4) is 0 Å². The lowest BCUT2D eigenvalue weighted by atomic mass is 10.2. The van der Waals surface area contributed by atoms with Gasteiger partial charge in [-0.2, -0.15) is 14.7 Å². The minimum Gasteiger partial charge on any atom is -0.317 e. The second-order valence-corrected chi connectivity index (χ2v) is 3.78. The van der Waals surface area contributed by atoms with Crippen LogP contribution in [0.15, 0.2) is 30.7 Å². The van der Waals surface area contributed by atoms with E-state index in [9.17, 15) is 0 Å². The number of nitrogens with zero attached hydrogens (tertiary/aromatic N) is 6. The van der Waals surface area contributed by atoms with Crippen molar-refractivity contribution in [2.75, 3.05) is 0 Å². The van der Waals surface area contributed by atoms with Crippen LogP contribution in [-0.4, -0.2) is 29.6 Å². The van der Waals surface area contributed by atoms with Gasteiger partial charge < -0.3 is 5.73 Å². The van der Waals surface area contributed by atoms with E-state index in [4.69, 9.17) is 5.73 Å². The molecule has 0 aliphatic rings. The Morgan fingerprint density at radius 2 is 2.18 bits per heavy atom. The van der Waals surface area contributed by atoms with Crippen LogP contribution in [0, 0.1) is 0 Å². The first-order chi connectivity index (χ1) is 8.25. The monoisotopic (exact) mass is 229 g/mol. The van der Waals surface area contributed by atoms with E-state index < -0.39 is 0 Å². The zero-order chi connectivity index (χ0) is 11.8. The topological polar surface area (TPSA) is 86.9 Å². The summed E-state index contributed by atoms with van der Waals surface area (Å²) >= 11 is 0. The van der Waals surface area contributed by atoms with E-state index in [1.54, 1.807) is 21.6 Å². The summed E-state index contributed by atoms with van der Waals surface area (Å²) in [5.74, 6) is 0.605. The molecule has 0 amide bonds. The molecule has 0 aliphatic carbocycles. The summed E-state index contributed by atoms with van der Waals surface area (Å²) in [6.45, 7) is 0. The molecule has 3 aromatic rings. The number of nitrogens with two attached hydrogens (primary N) is 1. The van der Waals surface area contributed by atoms with Crippen LogP contribution in [0.4, 0.5) is 0 Å². The number of fused-ring (bicyclic) bond motifs is 1. The highest BCUT2D eigenvalue weighted by Gasteiger charge is 2.17. The molecule has 1 atom stereocenters. The molecule has 0 spiro atoms. The van der Waals surface area contributed by atoms with Crippen molar-refractivity contribution in [2.45, 2.75) is 6.04 Å². The van der Waals surface area contributed by atoms with E-state index in [0.29, 0.717) is 11.5 Å². The lowest BCUT2D eigenvalue weighted by Crippen LogP contribution is -2.15. The molecular weight excluding hydrogens is 218 g/mol. The normalized spacial score (nSPS) is 13.1. The van der Waals surface area contributed by atoms with Crippen molar-refractivity contribution in [3.05, 3.63) is 42.1 Å².